The number of carboxylic acid groups (broad SMARTS) is 1. The van der Waals surface area contributed by atoms with Gasteiger partial charge in [-0.25, -0.2) is 18.2 Å². The van der Waals surface area contributed by atoms with E-state index in [2.05, 4.69) is 4.98 Å². The fourth-order valence-corrected chi connectivity index (χ4v) is 3.81. The molecular weight excluding hydrogens is 246 g/mol. The lowest BCUT2D eigenvalue weighted by Gasteiger charge is -2.18. The van der Waals surface area contributed by atoms with Crippen LogP contribution in [0.2, 0.25) is 0 Å². The third-order valence-electron chi connectivity index (χ3n) is 2.87. The summed E-state index contributed by atoms with van der Waals surface area (Å²) < 4.78 is 28.8. The quantitative estimate of drug-likeness (QED) is 0.860. The van der Waals surface area contributed by atoms with Crippen molar-refractivity contribution < 1.29 is 22.7 Å². The van der Waals surface area contributed by atoms with E-state index in [9.17, 15) is 13.2 Å². The van der Waals surface area contributed by atoms with Crippen LogP contribution in [-0.2, 0) is 9.84 Å². The predicted molar refractivity (Wildman–Crippen MR) is 58.6 cm³/mol. The Hall–Kier alpha value is -1.37. The third kappa shape index (κ3) is 2.19. The van der Waals surface area contributed by atoms with Gasteiger partial charge >= 0.3 is 5.97 Å². The second-order valence-electron chi connectivity index (χ2n) is 4.11. The molecule has 2 heterocycles. The van der Waals surface area contributed by atoms with Crippen molar-refractivity contribution >= 4 is 15.8 Å². The predicted octanol–water partition coefficient (Wildman–Crippen LogP) is 1.32. The van der Waals surface area contributed by atoms with Gasteiger partial charge in [-0.05, 0) is 19.8 Å². The zero-order chi connectivity index (χ0) is 12.6. The highest BCUT2D eigenvalue weighted by molar-refractivity contribution is 7.91. The number of aromatic carboxylic acids is 1. The molecular formula is C10H13NO5S. The maximum Gasteiger partial charge on any atom is 0.358 e. The van der Waals surface area contributed by atoms with Gasteiger partial charge in [0.05, 0.1) is 5.75 Å². The molecule has 1 N–H and O–H groups in total. The Morgan fingerprint density at radius 2 is 2.18 bits per heavy atom. The standard InChI is InChI=1S/C10H13NO5S/c1-6-8(10(12)13)11-9(16-6)7-4-2-3-5-17(7,14)15/h7H,2-5H2,1H3,(H,12,13). The van der Waals surface area contributed by atoms with Crippen LogP contribution in [0, 0.1) is 6.92 Å². The average molecular weight is 259 g/mol. The van der Waals surface area contributed by atoms with E-state index in [-0.39, 0.29) is 23.1 Å². The van der Waals surface area contributed by atoms with Crippen LogP contribution in [0.4, 0.5) is 0 Å². The summed E-state index contributed by atoms with van der Waals surface area (Å²) in [5.74, 6) is -0.930. The molecule has 0 aliphatic carbocycles. The first-order chi connectivity index (χ1) is 7.92. The smallest absolute Gasteiger partial charge is 0.358 e. The number of carboxylic acids is 1. The van der Waals surface area contributed by atoms with Crippen molar-refractivity contribution in [3.05, 3.63) is 17.3 Å². The van der Waals surface area contributed by atoms with Crippen molar-refractivity contribution in [2.24, 2.45) is 0 Å². The molecule has 94 valence electrons. The van der Waals surface area contributed by atoms with Crippen LogP contribution in [-0.4, -0.2) is 30.2 Å². The highest BCUT2D eigenvalue weighted by Crippen LogP contribution is 2.33. The summed E-state index contributed by atoms with van der Waals surface area (Å²) in [7, 11) is -3.25. The third-order valence-corrected chi connectivity index (χ3v) is 5.03. The number of hydrogen-bond donors (Lipinski definition) is 1. The largest absolute Gasteiger partial charge is 0.476 e. The number of aryl methyl sites for hydroxylation is 1. The van der Waals surface area contributed by atoms with E-state index in [4.69, 9.17) is 9.52 Å². The van der Waals surface area contributed by atoms with Gasteiger partial charge in [-0.15, -0.1) is 0 Å². The summed E-state index contributed by atoms with van der Waals surface area (Å²) in [6, 6.07) is 0. The minimum absolute atomic E-state index is 0.0135. The molecule has 1 unspecified atom stereocenters. The Kier molecular flexibility index (Phi) is 2.94. The summed E-state index contributed by atoms with van der Waals surface area (Å²) in [6.07, 6.45) is 1.87. The fourth-order valence-electron chi connectivity index (χ4n) is 1.98. The first-order valence-corrected chi connectivity index (χ1v) is 7.05. The SMILES string of the molecule is Cc1oc(C2CCCCS2(=O)=O)nc1C(=O)O. The van der Waals surface area contributed by atoms with Crippen LogP contribution < -0.4 is 0 Å². The summed E-state index contributed by atoms with van der Waals surface area (Å²) in [4.78, 5) is 14.6. The van der Waals surface area contributed by atoms with Crippen molar-refractivity contribution in [1.82, 2.24) is 4.98 Å². The van der Waals surface area contributed by atoms with E-state index in [1.807, 2.05) is 0 Å². The molecule has 0 aromatic carbocycles. The minimum Gasteiger partial charge on any atom is -0.476 e. The summed E-state index contributed by atoms with van der Waals surface area (Å²) in [5, 5.41) is 8.05. The number of nitrogens with zero attached hydrogens (tertiary/aromatic N) is 1. The lowest BCUT2D eigenvalue weighted by atomic mass is 10.2. The number of aromatic nitrogens is 1. The average Bonchev–Trinajstić information content (AvgIpc) is 2.59. The molecule has 1 fully saturated rings. The second kappa shape index (κ2) is 4.14. The topological polar surface area (TPSA) is 97.5 Å². The van der Waals surface area contributed by atoms with Crippen molar-refractivity contribution in [3.8, 4) is 0 Å². The first kappa shape index (κ1) is 12.1. The van der Waals surface area contributed by atoms with E-state index in [1.54, 1.807) is 0 Å². The molecule has 0 saturated carbocycles. The minimum atomic E-state index is -3.25. The van der Waals surface area contributed by atoms with Crippen LogP contribution in [0.25, 0.3) is 0 Å². The summed E-state index contributed by atoms with van der Waals surface area (Å²) >= 11 is 0. The Balaban J connectivity index is 2.40. The van der Waals surface area contributed by atoms with Crippen LogP contribution in [0.15, 0.2) is 4.42 Å². The molecule has 0 radical (unpaired) electrons. The molecule has 17 heavy (non-hydrogen) atoms. The Bertz CT molecular complexity index is 545. The normalized spacial score (nSPS) is 23.5. The number of hydrogen-bond acceptors (Lipinski definition) is 5. The molecule has 0 spiro atoms. The molecule has 7 heteroatoms. The maximum absolute atomic E-state index is 11.8. The lowest BCUT2D eigenvalue weighted by molar-refractivity contribution is 0.0689. The summed E-state index contributed by atoms with van der Waals surface area (Å²) in [5.41, 5.74) is -0.208. The van der Waals surface area contributed by atoms with Crippen LogP contribution in [0.1, 0.15) is 46.7 Å². The van der Waals surface area contributed by atoms with Gasteiger partial charge in [0.15, 0.2) is 15.5 Å². The molecule has 1 aromatic rings. The second-order valence-corrected chi connectivity index (χ2v) is 6.42. The van der Waals surface area contributed by atoms with Crippen LogP contribution in [0.5, 0.6) is 0 Å². The van der Waals surface area contributed by atoms with E-state index >= 15 is 0 Å². The molecule has 0 amide bonds. The van der Waals surface area contributed by atoms with Crippen LogP contribution >= 0.6 is 0 Å². The molecule has 6 nitrogen and oxygen atoms in total. The fraction of sp³-hybridized carbons (Fsp3) is 0.600. The van der Waals surface area contributed by atoms with Crippen molar-refractivity contribution in [2.45, 2.75) is 31.4 Å². The first-order valence-electron chi connectivity index (χ1n) is 5.34. The van der Waals surface area contributed by atoms with Gasteiger partial charge in [-0.2, -0.15) is 0 Å². The van der Waals surface area contributed by atoms with Gasteiger partial charge in [0, 0.05) is 0 Å². The van der Waals surface area contributed by atoms with Gasteiger partial charge in [-0.3, -0.25) is 0 Å². The molecule has 1 aliphatic heterocycles. The molecule has 1 aliphatic rings. The van der Waals surface area contributed by atoms with Gasteiger partial charge in [0.25, 0.3) is 0 Å². The van der Waals surface area contributed by atoms with Crippen molar-refractivity contribution in [1.29, 1.82) is 0 Å². The van der Waals surface area contributed by atoms with E-state index in [0.717, 1.165) is 6.42 Å². The highest BCUT2D eigenvalue weighted by atomic mass is 32.2. The van der Waals surface area contributed by atoms with Crippen molar-refractivity contribution in [2.75, 3.05) is 5.75 Å². The number of oxazole rings is 1. The zero-order valence-electron chi connectivity index (χ0n) is 9.34. The van der Waals surface area contributed by atoms with Gasteiger partial charge < -0.3 is 9.52 Å². The number of sulfone groups is 1. The van der Waals surface area contributed by atoms with Gasteiger partial charge in [-0.1, -0.05) is 6.42 Å². The van der Waals surface area contributed by atoms with Crippen LogP contribution in [0.3, 0.4) is 0 Å². The molecule has 1 aromatic heterocycles. The zero-order valence-corrected chi connectivity index (χ0v) is 10.2. The van der Waals surface area contributed by atoms with E-state index in [1.165, 1.54) is 6.92 Å². The number of rotatable bonds is 2. The number of carbonyl (C=O) groups is 1. The maximum atomic E-state index is 11.8. The molecule has 0 bridgehead atoms. The van der Waals surface area contributed by atoms with Gasteiger partial charge in [0.1, 0.15) is 11.0 Å². The molecule has 2 rings (SSSR count). The molecule has 1 saturated heterocycles. The van der Waals surface area contributed by atoms with Crippen molar-refractivity contribution in [3.63, 3.8) is 0 Å². The Labute approximate surface area is 98.6 Å². The molecule has 1 atom stereocenters. The highest BCUT2D eigenvalue weighted by Gasteiger charge is 2.35. The monoisotopic (exact) mass is 259 g/mol. The Morgan fingerprint density at radius 3 is 2.71 bits per heavy atom. The Morgan fingerprint density at radius 1 is 1.47 bits per heavy atom. The van der Waals surface area contributed by atoms with E-state index < -0.39 is 21.1 Å². The lowest BCUT2D eigenvalue weighted by Crippen LogP contribution is -2.22. The van der Waals surface area contributed by atoms with E-state index in [0.29, 0.717) is 12.8 Å². The van der Waals surface area contributed by atoms with Gasteiger partial charge in [0.2, 0.25) is 5.89 Å². The summed E-state index contributed by atoms with van der Waals surface area (Å²) in [6.45, 7) is 1.47.